The Bertz CT molecular complexity index is 821. The summed E-state index contributed by atoms with van der Waals surface area (Å²) in [6.45, 7) is 8.06. The third kappa shape index (κ3) is 6.42. The van der Waals surface area contributed by atoms with Crippen LogP contribution >= 0.6 is 27.3 Å². The van der Waals surface area contributed by atoms with Gasteiger partial charge in [0.1, 0.15) is 0 Å². The van der Waals surface area contributed by atoms with E-state index in [2.05, 4.69) is 31.1 Å². The molecular weight excluding hydrogens is 454 g/mol. The lowest BCUT2D eigenvalue weighted by Crippen LogP contribution is -2.29. The highest BCUT2D eigenvalue weighted by molar-refractivity contribution is 9.10. The standard InChI is InChI=1S/C21H28BrN3O3S/c1-3-27-18-10-15(17(22)12-19(18)28-4-2)11-20(26)24-21-23-16(14-29-21)13-25-8-6-5-7-9-25/h10,12,14H,3-9,11,13H2,1-2H3,(H,23,24,26). The molecule has 2 heterocycles. The topological polar surface area (TPSA) is 63.7 Å². The number of nitrogens with one attached hydrogen (secondary N) is 1. The summed E-state index contributed by atoms with van der Waals surface area (Å²) < 4.78 is 12.1. The number of amides is 1. The molecule has 0 radical (unpaired) electrons. The van der Waals surface area contributed by atoms with Crippen LogP contribution in [0.2, 0.25) is 0 Å². The van der Waals surface area contributed by atoms with Crippen molar-refractivity contribution in [2.45, 2.75) is 46.1 Å². The molecular formula is C21H28BrN3O3S. The summed E-state index contributed by atoms with van der Waals surface area (Å²) in [5, 5.41) is 5.60. The Morgan fingerprint density at radius 1 is 1.17 bits per heavy atom. The zero-order valence-corrected chi connectivity index (χ0v) is 19.4. The second-order valence-corrected chi connectivity index (χ2v) is 8.67. The average molecular weight is 482 g/mol. The molecule has 0 bridgehead atoms. The van der Waals surface area contributed by atoms with Gasteiger partial charge in [0.25, 0.3) is 0 Å². The maximum Gasteiger partial charge on any atom is 0.230 e. The maximum atomic E-state index is 12.6. The molecule has 1 saturated heterocycles. The zero-order valence-electron chi connectivity index (χ0n) is 17.0. The normalized spacial score (nSPS) is 14.6. The number of carbonyl (C=O) groups excluding carboxylic acids is 1. The molecule has 0 aliphatic carbocycles. The van der Waals surface area contributed by atoms with Crippen LogP contribution in [0, 0.1) is 0 Å². The van der Waals surface area contributed by atoms with E-state index in [4.69, 9.17) is 9.47 Å². The zero-order chi connectivity index (χ0) is 20.6. The van der Waals surface area contributed by atoms with E-state index in [1.165, 1.54) is 30.6 Å². The predicted octanol–water partition coefficient (Wildman–Crippen LogP) is 4.87. The van der Waals surface area contributed by atoms with Gasteiger partial charge in [-0.05, 0) is 57.5 Å². The Kier molecular flexibility index (Phi) is 8.32. The first-order valence-corrected chi connectivity index (χ1v) is 11.8. The van der Waals surface area contributed by atoms with E-state index in [1.807, 2.05) is 31.4 Å². The van der Waals surface area contributed by atoms with E-state index < -0.39 is 0 Å². The van der Waals surface area contributed by atoms with Gasteiger partial charge in [-0.1, -0.05) is 22.4 Å². The predicted molar refractivity (Wildman–Crippen MR) is 120 cm³/mol. The lowest BCUT2D eigenvalue weighted by atomic mass is 10.1. The molecule has 0 spiro atoms. The summed E-state index contributed by atoms with van der Waals surface area (Å²) >= 11 is 5.02. The van der Waals surface area contributed by atoms with E-state index >= 15 is 0 Å². The third-order valence-corrected chi connectivity index (χ3v) is 6.24. The largest absolute Gasteiger partial charge is 0.490 e. The fourth-order valence-electron chi connectivity index (χ4n) is 3.37. The molecule has 0 saturated carbocycles. The number of thiazole rings is 1. The Balaban J connectivity index is 1.61. The molecule has 1 aromatic carbocycles. The van der Waals surface area contributed by atoms with Crippen molar-refractivity contribution in [1.82, 2.24) is 9.88 Å². The van der Waals surface area contributed by atoms with E-state index in [9.17, 15) is 4.79 Å². The first kappa shape index (κ1) is 22.1. The second kappa shape index (κ2) is 10.9. The smallest absolute Gasteiger partial charge is 0.230 e. The highest BCUT2D eigenvalue weighted by Crippen LogP contribution is 2.34. The van der Waals surface area contributed by atoms with Gasteiger partial charge in [0.2, 0.25) is 5.91 Å². The summed E-state index contributed by atoms with van der Waals surface area (Å²) in [5.41, 5.74) is 1.87. The molecule has 8 heteroatoms. The van der Waals surface area contributed by atoms with E-state index in [0.29, 0.717) is 29.8 Å². The maximum absolute atomic E-state index is 12.6. The lowest BCUT2D eigenvalue weighted by molar-refractivity contribution is -0.115. The number of benzene rings is 1. The number of carbonyl (C=O) groups is 1. The van der Waals surface area contributed by atoms with Gasteiger partial charge >= 0.3 is 0 Å². The Labute approximate surface area is 184 Å². The van der Waals surface area contributed by atoms with Crippen LogP contribution in [0.4, 0.5) is 5.13 Å². The molecule has 3 rings (SSSR count). The van der Waals surface area contributed by atoms with Crippen molar-refractivity contribution in [3.63, 3.8) is 0 Å². The second-order valence-electron chi connectivity index (χ2n) is 6.96. The van der Waals surface area contributed by atoms with Gasteiger partial charge in [0.15, 0.2) is 16.6 Å². The van der Waals surface area contributed by atoms with Crippen molar-refractivity contribution in [3.05, 3.63) is 33.2 Å². The molecule has 1 aromatic heterocycles. The van der Waals surface area contributed by atoms with Gasteiger partial charge in [-0.3, -0.25) is 9.69 Å². The van der Waals surface area contributed by atoms with Crippen LogP contribution in [0.1, 0.15) is 44.4 Å². The highest BCUT2D eigenvalue weighted by Gasteiger charge is 2.16. The minimum atomic E-state index is -0.101. The molecule has 1 fully saturated rings. The highest BCUT2D eigenvalue weighted by atomic mass is 79.9. The van der Waals surface area contributed by atoms with Crippen LogP contribution in [0.5, 0.6) is 11.5 Å². The number of ether oxygens (including phenoxy) is 2. The number of hydrogen-bond donors (Lipinski definition) is 1. The molecule has 158 valence electrons. The van der Waals surface area contributed by atoms with Crippen molar-refractivity contribution >= 4 is 38.3 Å². The average Bonchev–Trinajstić information content (AvgIpc) is 3.13. The number of anilines is 1. The fourth-order valence-corrected chi connectivity index (χ4v) is 4.55. The molecule has 0 atom stereocenters. The van der Waals surface area contributed by atoms with Crippen molar-refractivity contribution in [2.24, 2.45) is 0 Å². The quantitative estimate of drug-likeness (QED) is 0.553. The number of piperidine rings is 1. The molecule has 2 aromatic rings. The minimum absolute atomic E-state index is 0.101. The number of rotatable bonds is 9. The number of likely N-dealkylation sites (tertiary alicyclic amines) is 1. The van der Waals surface area contributed by atoms with Crippen LogP contribution in [-0.4, -0.2) is 42.1 Å². The van der Waals surface area contributed by atoms with Crippen molar-refractivity contribution < 1.29 is 14.3 Å². The summed E-state index contributed by atoms with van der Waals surface area (Å²) in [5.74, 6) is 1.22. The lowest BCUT2D eigenvalue weighted by Gasteiger charge is -2.25. The van der Waals surface area contributed by atoms with E-state index in [0.717, 1.165) is 35.4 Å². The summed E-state index contributed by atoms with van der Waals surface area (Å²) in [7, 11) is 0. The summed E-state index contributed by atoms with van der Waals surface area (Å²) in [6.07, 6.45) is 4.07. The fraction of sp³-hybridized carbons (Fsp3) is 0.524. The van der Waals surface area contributed by atoms with Crippen LogP contribution in [0.25, 0.3) is 0 Å². The van der Waals surface area contributed by atoms with Crippen LogP contribution < -0.4 is 14.8 Å². The molecule has 1 amide bonds. The van der Waals surface area contributed by atoms with Gasteiger partial charge in [-0.2, -0.15) is 0 Å². The van der Waals surface area contributed by atoms with Crippen molar-refractivity contribution in [2.75, 3.05) is 31.6 Å². The Morgan fingerprint density at radius 2 is 1.86 bits per heavy atom. The summed E-state index contributed by atoms with van der Waals surface area (Å²) in [4.78, 5) is 19.6. The molecule has 0 unspecified atom stereocenters. The van der Waals surface area contributed by atoms with Gasteiger partial charge < -0.3 is 14.8 Å². The van der Waals surface area contributed by atoms with Gasteiger partial charge in [0.05, 0.1) is 25.3 Å². The molecule has 6 nitrogen and oxygen atoms in total. The number of halogens is 1. The number of hydrogen-bond acceptors (Lipinski definition) is 6. The molecule has 1 N–H and O–H groups in total. The van der Waals surface area contributed by atoms with Gasteiger partial charge in [0, 0.05) is 16.4 Å². The first-order chi connectivity index (χ1) is 14.1. The summed E-state index contributed by atoms with van der Waals surface area (Å²) in [6, 6.07) is 3.72. The van der Waals surface area contributed by atoms with Crippen LogP contribution in [0.15, 0.2) is 22.0 Å². The van der Waals surface area contributed by atoms with Crippen molar-refractivity contribution in [3.8, 4) is 11.5 Å². The Hall–Kier alpha value is -1.64. The third-order valence-electron chi connectivity index (χ3n) is 4.70. The number of nitrogens with zero attached hydrogens (tertiary/aromatic N) is 2. The molecule has 29 heavy (non-hydrogen) atoms. The Morgan fingerprint density at radius 3 is 2.55 bits per heavy atom. The van der Waals surface area contributed by atoms with Crippen LogP contribution in [0.3, 0.4) is 0 Å². The van der Waals surface area contributed by atoms with E-state index in [1.54, 1.807) is 0 Å². The monoisotopic (exact) mass is 481 g/mol. The molecule has 1 aliphatic heterocycles. The van der Waals surface area contributed by atoms with E-state index in [-0.39, 0.29) is 12.3 Å². The van der Waals surface area contributed by atoms with Gasteiger partial charge in [-0.15, -0.1) is 11.3 Å². The SMILES string of the molecule is CCOc1cc(Br)c(CC(=O)Nc2nc(CN3CCCCC3)cs2)cc1OCC. The minimum Gasteiger partial charge on any atom is -0.490 e. The number of aromatic nitrogens is 1. The van der Waals surface area contributed by atoms with Gasteiger partial charge in [-0.25, -0.2) is 4.98 Å². The molecule has 1 aliphatic rings. The first-order valence-electron chi connectivity index (χ1n) is 10.1. The van der Waals surface area contributed by atoms with Crippen LogP contribution in [-0.2, 0) is 17.8 Å². The van der Waals surface area contributed by atoms with Crippen molar-refractivity contribution in [1.29, 1.82) is 0 Å².